The highest BCUT2D eigenvalue weighted by Gasteiger charge is 2.10. The summed E-state index contributed by atoms with van der Waals surface area (Å²) in [6.45, 7) is 4.24. The molecule has 0 saturated carbocycles. The second-order valence-electron chi connectivity index (χ2n) is 6.04. The summed E-state index contributed by atoms with van der Waals surface area (Å²) in [6.07, 6.45) is 2.41. The van der Waals surface area contributed by atoms with E-state index in [0.717, 1.165) is 24.1 Å². The van der Waals surface area contributed by atoms with E-state index in [0.29, 0.717) is 18.2 Å². The van der Waals surface area contributed by atoms with Gasteiger partial charge in [-0.05, 0) is 56.0 Å². The van der Waals surface area contributed by atoms with Crippen LogP contribution >= 0.6 is 0 Å². The molecule has 0 spiro atoms. The van der Waals surface area contributed by atoms with Gasteiger partial charge in [-0.25, -0.2) is 8.42 Å². The van der Waals surface area contributed by atoms with Crippen molar-refractivity contribution < 1.29 is 8.42 Å². The van der Waals surface area contributed by atoms with E-state index in [1.54, 1.807) is 12.1 Å². The minimum Gasteiger partial charge on any atom is -0.383 e. The average molecular weight is 346 g/mol. The fourth-order valence-corrected chi connectivity index (χ4v) is 3.48. The van der Waals surface area contributed by atoms with E-state index in [4.69, 9.17) is 0 Å². The molecule has 0 heterocycles. The van der Waals surface area contributed by atoms with Crippen LogP contribution < -0.4 is 10.0 Å². The first kappa shape index (κ1) is 18.3. The van der Waals surface area contributed by atoms with Crippen LogP contribution in [0.2, 0.25) is 0 Å². The van der Waals surface area contributed by atoms with E-state index in [9.17, 15) is 8.42 Å². The van der Waals surface area contributed by atoms with Gasteiger partial charge in [-0.2, -0.15) is 0 Å². The van der Waals surface area contributed by atoms with Crippen molar-refractivity contribution in [3.8, 4) is 0 Å². The third-order valence-electron chi connectivity index (χ3n) is 3.91. The third kappa shape index (κ3) is 6.24. The highest BCUT2D eigenvalue weighted by atomic mass is 32.2. The lowest BCUT2D eigenvalue weighted by molar-refractivity contribution is 0.598. The molecule has 0 bridgehead atoms. The third-order valence-corrected chi connectivity index (χ3v) is 5.28. The van der Waals surface area contributed by atoms with Crippen molar-refractivity contribution in [2.24, 2.45) is 0 Å². The Labute approximate surface area is 145 Å². The quantitative estimate of drug-likeness (QED) is 0.713. The number of hydrogen-bond donors (Lipinski definition) is 2. The Morgan fingerprint density at radius 3 is 2.21 bits per heavy atom. The van der Waals surface area contributed by atoms with Crippen LogP contribution in [0.4, 0.5) is 11.4 Å². The maximum Gasteiger partial charge on any atom is 0.232 e. The average Bonchev–Trinajstić information content (AvgIpc) is 2.57. The summed E-state index contributed by atoms with van der Waals surface area (Å²) < 4.78 is 27.0. The van der Waals surface area contributed by atoms with Crippen LogP contribution in [0.3, 0.4) is 0 Å². The van der Waals surface area contributed by atoms with E-state index in [1.165, 1.54) is 0 Å². The van der Waals surface area contributed by atoms with Crippen molar-refractivity contribution in [3.63, 3.8) is 0 Å². The Hall–Kier alpha value is -2.01. The normalized spacial score (nSPS) is 12.6. The largest absolute Gasteiger partial charge is 0.383 e. The number of aryl methyl sites for hydroxylation is 1. The Balaban J connectivity index is 1.84. The van der Waals surface area contributed by atoms with Gasteiger partial charge in [-0.3, -0.25) is 4.72 Å². The number of hydrogen-bond acceptors (Lipinski definition) is 3. The SMILES string of the molecule is CCC(C)Nc1ccc(NS(=O)(=O)CCCc2ccccc2)cc1. The summed E-state index contributed by atoms with van der Waals surface area (Å²) in [5, 5.41) is 3.36. The van der Waals surface area contributed by atoms with Crippen molar-refractivity contribution in [2.45, 2.75) is 39.2 Å². The summed E-state index contributed by atoms with van der Waals surface area (Å²) in [5.41, 5.74) is 2.76. The lowest BCUT2D eigenvalue weighted by Gasteiger charge is -2.14. The molecule has 0 amide bonds. The van der Waals surface area contributed by atoms with Gasteiger partial charge >= 0.3 is 0 Å². The van der Waals surface area contributed by atoms with Crippen LogP contribution in [0.5, 0.6) is 0 Å². The molecule has 130 valence electrons. The van der Waals surface area contributed by atoms with Gasteiger partial charge in [-0.15, -0.1) is 0 Å². The molecule has 0 aromatic heterocycles. The minimum atomic E-state index is -3.32. The van der Waals surface area contributed by atoms with Crippen LogP contribution in [0.1, 0.15) is 32.3 Å². The number of anilines is 2. The smallest absolute Gasteiger partial charge is 0.232 e. The van der Waals surface area contributed by atoms with Gasteiger partial charge in [0.2, 0.25) is 10.0 Å². The lowest BCUT2D eigenvalue weighted by Crippen LogP contribution is -2.17. The van der Waals surface area contributed by atoms with Gasteiger partial charge < -0.3 is 5.32 Å². The van der Waals surface area contributed by atoms with Crippen LogP contribution in [0.15, 0.2) is 54.6 Å². The summed E-state index contributed by atoms with van der Waals surface area (Å²) >= 11 is 0. The maximum absolute atomic E-state index is 12.2. The van der Waals surface area contributed by atoms with Crippen molar-refractivity contribution in [2.75, 3.05) is 15.8 Å². The van der Waals surface area contributed by atoms with Gasteiger partial charge in [0.1, 0.15) is 0 Å². The molecule has 0 saturated heterocycles. The van der Waals surface area contributed by atoms with Gasteiger partial charge in [0.25, 0.3) is 0 Å². The van der Waals surface area contributed by atoms with E-state index < -0.39 is 10.0 Å². The lowest BCUT2D eigenvalue weighted by atomic mass is 10.1. The molecular formula is C19H26N2O2S. The standard InChI is InChI=1S/C19H26N2O2S/c1-3-16(2)20-18-11-13-19(14-12-18)21-24(22,23)15-7-10-17-8-5-4-6-9-17/h4-6,8-9,11-14,16,20-21H,3,7,10,15H2,1-2H3. The minimum absolute atomic E-state index is 0.120. The first-order chi connectivity index (χ1) is 11.5. The van der Waals surface area contributed by atoms with E-state index in [1.807, 2.05) is 42.5 Å². The van der Waals surface area contributed by atoms with Crippen molar-refractivity contribution in [1.29, 1.82) is 0 Å². The summed E-state index contributed by atoms with van der Waals surface area (Å²) in [4.78, 5) is 0. The van der Waals surface area contributed by atoms with Crippen molar-refractivity contribution >= 4 is 21.4 Å². The van der Waals surface area contributed by atoms with Crippen LogP contribution in [-0.4, -0.2) is 20.2 Å². The molecule has 2 aromatic carbocycles. The molecule has 2 rings (SSSR count). The summed E-state index contributed by atoms with van der Waals surface area (Å²) in [7, 11) is -3.32. The summed E-state index contributed by atoms with van der Waals surface area (Å²) in [6, 6.07) is 17.7. The number of rotatable bonds is 9. The van der Waals surface area contributed by atoms with Crippen molar-refractivity contribution in [1.82, 2.24) is 0 Å². The van der Waals surface area contributed by atoms with Gasteiger partial charge in [0, 0.05) is 17.4 Å². The molecule has 1 unspecified atom stereocenters. The highest BCUT2D eigenvalue weighted by molar-refractivity contribution is 7.92. The molecule has 0 aliphatic carbocycles. The Morgan fingerprint density at radius 1 is 0.958 bits per heavy atom. The molecular weight excluding hydrogens is 320 g/mol. The second-order valence-corrected chi connectivity index (χ2v) is 7.88. The zero-order chi connectivity index (χ0) is 17.4. The molecule has 2 aromatic rings. The predicted octanol–water partition coefficient (Wildman–Crippen LogP) is 4.27. The van der Waals surface area contributed by atoms with E-state index >= 15 is 0 Å². The van der Waals surface area contributed by atoms with Gasteiger partial charge in [0.15, 0.2) is 0 Å². The Bertz CT molecular complexity index is 713. The van der Waals surface area contributed by atoms with Crippen LogP contribution in [0, 0.1) is 0 Å². The molecule has 1 atom stereocenters. The zero-order valence-corrected chi connectivity index (χ0v) is 15.1. The fourth-order valence-electron chi connectivity index (χ4n) is 2.36. The molecule has 0 fully saturated rings. The van der Waals surface area contributed by atoms with E-state index in [-0.39, 0.29) is 5.75 Å². The molecule has 0 aliphatic rings. The van der Waals surface area contributed by atoms with Crippen LogP contribution in [-0.2, 0) is 16.4 Å². The van der Waals surface area contributed by atoms with Crippen molar-refractivity contribution in [3.05, 3.63) is 60.2 Å². The van der Waals surface area contributed by atoms with Crippen LogP contribution in [0.25, 0.3) is 0 Å². The number of benzene rings is 2. The summed E-state index contributed by atoms with van der Waals surface area (Å²) in [5.74, 6) is 0.120. The predicted molar refractivity (Wildman–Crippen MR) is 102 cm³/mol. The molecule has 24 heavy (non-hydrogen) atoms. The molecule has 0 aliphatic heterocycles. The van der Waals surface area contributed by atoms with Gasteiger partial charge in [0.05, 0.1) is 5.75 Å². The Kier molecular flexibility index (Phi) is 6.67. The monoisotopic (exact) mass is 346 g/mol. The zero-order valence-electron chi connectivity index (χ0n) is 14.3. The number of nitrogens with one attached hydrogen (secondary N) is 2. The second kappa shape index (κ2) is 8.73. The first-order valence-electron chi connectivity index (χ1n) is 8.39. The topological polar surface area (TPSA) is 58.2 Å². The molecule has 0 radical (unpaired) electrons. The number of sulfonamides is 1. The maximum atomic E-state index is 12.2. The van der Waals surface area contributed by atoms with E-state index in [2.05, 4.69) is 23.9 Å². The van der Waals surface area contributed by atoms with Gasteiger partial charge in [-0.1, -0.05) is 37.3 Å². The molecule has 2 N–H and O–H groups in total. The molecule has 4 nitrogen and oxygen atoms in total. The Morgan fingerprint density at radius 2 is 1.58 bits per heavy atom. The molecule has 5 heteroatoms. The highest BCUT2D eigenvalue weighted by Crippen LogP contribution is 2.16. The first-order valence-corrected chi connectivity index (χ1v) is 10.0. The fraction of sp³-hybridized carbons (Fsp3) is 0.368.